The molecule has 0 bridgehead atoms. The zero-order chi connectivity index (χ0) is 14.0. The van der Waals surface area contributed by atoms with Gasteiger partial charge in [0.05, 0.1) is 0 Å². The molecule has 0 heterocycles. The molecule has 0 spiro atoms. The second kappa shape index (κ2) is 10.1. The molecule has 0 unspecified atom stereocenters. The van der Waals surface area contributed by atoms with E-state index in [0.29, 0.717) is 0 Å². The second-order valence-electron chi connectivity index (χ2n) is 4.74. The summed E-state index contributed by atoms with van der Waals surface area (Å²) in [6.45, 7) is 2.24. The van der Waals surface area contributed by atoms with E-state index in [0.717, 1.165) is 17.0 Å². The van der Waals surface area contributed by atoms with Crippen LogP contribution < -0.4 is 3.39 Å². The first kappa shape index (κ1) is 17.3. The molecule has 0 atom stereocenters. The molecule has 0 radical (unpaired) electrons. The zero-order valence-corrected chi connectivity index (χ0v) is 16.1. The van der Waals surface area contributed by atoms with Gasteiger partial charge in [-0.1, -0.05) is 0 Å². The van der Waals surface area contributed by atoms with Gasteiger partial charge in [-0.05, 0) is 0 Å². The average Bonchev–Trinajstić information content (AvgIpc) is 2.38. The first-order chi connectivity index (χ1) is 9.14. The van der Waals surface area contributed by atoms with E-state index in [1.807, 2.05) is 30.3 Å². The molecule has 19 heavy (non-hydrogen) atoms. The van der Waals surface area contributed by atoms with Gasteiger partial charge in [0.15, 0.2) is 0 Å². The van der Waals surface area contributed by atoms with Crippen LogP contribution in [0.4, 0.5) is 0 Å². The first-order valence-corrected chi connectivity index (χ1v) is 17.6. The average molecular weight is 475 g/mol. The number of rotatable bonds is 10. The zero-order valence-electron chi connectivity index (χ0n) is 11.6. The topological polar surface area (TPSA) is 9.23 Å². The minimum absolute atomic E-state index is 0.811. The predicted molar refractivity (Wildman–Crippen MR) is 81.6 cm³/mol. The van der Waals surface area contributed by atoms with Crippen LogP contribution in [0.5, 0.6) is 5.75 Å². The van der Waals surface area contributed by atoms with Crippen molar-refractivity contribution < 1.29 is 17.7 Å². The van der Waals surface area contributed by atoms with Crippen molar-refractivity contribution in [3.05, 3.63) is 30.3 Å². The van der Waals surface area contributed by atoms with Crippen LogP contribution in [0.25, 0.3) is 0 Å². The van der Waals surface area contributed by atoms with Gasteiger partial charge in [0.2, 0.25) is 0 Å². The summed E-state index contributed by atoms with van der Waals surface area (Å²) in [6, 6.07) is 9.68. The van der Waals surface area contributed by atoms with Crippen molar-refractivity contribution in [3.63, 3.8) is 0 Å². The standard InChI is InChI=1S/C9H19.C6H6O.2ClH.W/c1-3-5-7-9-8-6-4-2;7-6-4-2-1-3-5-6;;;/h1,3-9H2,2H3;1-5,7H;2*1H;/q;;;;+3/p-3. The van der Waals surface area contributed by atoms with Crippen molar-refractivity contribution in [2.45, 2.75) is 56.7 Å². The van der Waals surface area contributed by atoms with Gasteiger partial charge in [0.1, 0.15) is 0 Å². The molecule has 0 aliphatic heterocycles. The third-order valence-electron chi connectivity index (χ3n) is 2.95. The fourth-order valence-electron chi connectivity index (χ4n) is 1.89. The molecule has 0 N–H and O–H groups in total. The third kappa shape index (κ3) is 8.95. The summed E-state index contributed by atoms with van der Waals surface area (Å²) in [5, 5.41) is 0. The van der Waals surface area contributed by atoms with Gasteiger partial charge in [0, 0.05) is 0 Å². The second-order valence-corrected chi connectivity index (χ2v) is 20.0. The Morgan fingerprint density at radius 2 is 1.47 bits per heavy atom. The molecular weight excluding hydrogens is 451 g/mol. The van der Waals surface area contributed by atoms with Crippen LogP contribution in [-0.4, -0.2) is 0 Å². The van der Waals surface area contributed by atoms with E-state index in [1.54, 1.807) is 0 Å². The molecule has 1 rings (SSSR count). The summed E-state index contributed by atoms with van der Waals surface area (Å²) in [7, 11) is 12.8. The first-order valence-electron chi connectivity index (χ1n) is 7.09. The van der Waals surface area contributed by atoms with Crippen LogP contribution in [0.2, 0.25) is 4.81 Å². The fourth-order valence-corrected chi connectivity index (χ4v) is 8.51. The van der Waals surface area contributed by atoms with Gasteiger partial charge >= 0.3 is 129 Å². The van der Waals surface area contributed by atoms with E-state index in [2.05, 4.69) is 6.92 Å². The molecule has 0 aliphatic rings. The monoisotopic (exact) mass is 474 g/mol. The van der Waals surface area contributed by atoms with Crippen molar-refractivity contribution in [2.24, 2.45) is 0 Å². The summed E-state index contributed by atoms with van der Waals surface area (Å²) in [5.41, 5.74) is 0. The van der Waals surface area contributed by atoms with Crippen molar-refractivity contribution in [3.8, 4) is 5.75 Å². The van der Waals surface area contributed by atoms with E-state index < -0.39 is 14.4 Å². The van der Waals surface area contributed by atoms with Crippen molar-refractivity contribution in [1.82, 2.24) is 0 Å². The molecule has 0 saturated carbocycles. The van der Waals surface area contributed by atoms with Gasteiger partial charge in [-0.3, -0.25) is 0 Å². The van der Waals surface area contributed by atoms with E-state index in [4.69, 9.17) is 22.2 Å². The molecule has 0 amide bonds. The maximum absolute atomic E-state index is 6.38. The Morgan fingerprint density at radius 3 is 2.11 bits per heavy atom. The summed E-state index contributed by atoms with van der Waals surface area (Å²) < 4.78 is 5.79. The van der Waals surface area contributed by atoms with Gasteiger partial charge in [0.25, 0.3) is 0 Å². The van der Waals surface area contributed by atoms with Crippen LogP contribution in [0.15, 0.2) is 30.3 Å². The molecule has 0 aliphatic carbocycles. The van der Waals surface area contributed by atoms with Gasteiger partial charge < -0.3 is 0 Å². The summed E-state index contributed by atoms with van der Waals surface area (Å²) in [6.07, 6.45) is 8.95. The van der Waals surface area contributed by atoms with E-state index >= 15 is 0 Å². The number of benzene rings is 1. The summed E-state index contributed by atoms with van der Waals surface area (Å²) >= 11 is -3.31. The van der Waals surface area contributed by atoms with Crippen molar-refractivity contribution >= 4 is 18.8 Å². The van der Waals surface area contributed by atoms with E-state index in [1.165, 1.54) is 38.5 Å². The number of unbranched alkanes of at least 4 members (excludes halogenated alkanes) is 6. The van der Waals surface area contributed by atoms with Crippen LogP contribution >= 0.6 is 18.8 Å². The molecule has 0 fully saturated rings. The van der Waals surface area contributed by atoms with Crippen molar-refractivity contribution in [1.29, 1.82) is 0 Å². The predicted octanol–water partition coefficient (Wildman–Crippen LogP) is 6.61. The number of para-hydroxylation sites is 1. The number of hydrogen-bond acceptors (Lipinski definition) is 1. The normalized spacial score (nSPS) is 12.4. The Hall–Kier alpha value is 0.288. The molecule has 1 aromatic rings. The number of hydrogen-bond donors (Lipinski definition) is 0. The van der Waals surface area contributed by atoms with E-state index in [9.17, 15) is 0 Å². The molecular formula is C15H24Cl2OW. The third-order valence-corrected chi connectivity index (χ3v) is 10.8. The molecule has 0 aromatic heterocycles. The summed E-state index contributed by atoms with van der Waals surface area (Å²) in [4.78, 5) is 0.874. The SMILES string of the molecule is CCCCCCCC[CH2][W]([Cl])([Cl])[O]c1ccccc1. The molecule has 0 saturated heterocycles. The van der Waals surface area contributed by atoms with Crippen LogP contribution in [0.1, 0.15) is 51.9 Å². The number of halogens is 2. The van der Waals surface area contributed by atoms with Crippen LogP contribution in [-0.2, 0) is 14.4 Å². The molecule has 110 valence electrons. The Bertz CT molecular complexity index is 330. The minimum atomic E-state index is -3.31. The quantitative estimate of drug-likeness (QED) is 0.346. The Kier molecular flexibility index (Phi) is 9.20. The summed E-state index contributed by atoms with van der Waals surface area (Å²) in [5.74, 6) is 0.811. The molecule has 4 heteroatoms. The van der Waals surface area contributed by atoms with Crippen molar-refractivity contribution in [2.75, 3.05) is 0 Å². The Balaban J connectivity index is 2.13. The fraction of sp³-hybridized carbons (Fsp3) is 0.600. The van der Waals surface area contributed by atoms with Gasteiger partial charge in [-0.2, -0.15) is 0 Å². The maximum atomic E-state index is 6.38. The van der Waals surface area contributed by atoms with E-state index in [-0.39, 0.29) is 0 Å². The van der Waals surface area contributed by atoms with Gasteiger partial charge in [-0.25, -0.2) is 0 Å². The van der Waals surface area contributed by atoms with Crippen LogP contribution in [0.3, 0.4) is 0 Å². The Morgan fingerprint density at radius 1 is 0.895 bits per heavy atom. The molecule has 1 nitrogen and oxygen atoms in total. The van der Waals surface area contributed by atoms with Crippen LogP contribution in [0, 0.1) is 0 Å². The van der Waals surface area contributed by atoms with Gasteiger partial charge in [-0.15, -0.1) is 0 Å². The molecule has 1 aromatic carbocycles. The Labute approximate surface area is 129 Å².